The maximum atomic E-state index is 13.1. The molecular formula is C16H25N3O2. The Morgan fingerprint density at radius 2 is 1.76 bits per heavy atom. The van der Waals surface area contributed by atoms with E-state index in [-0.39, 0.29) is 24.4 Å². The highest BCUT2D eigenvalue weighted by molar-refractivity contribution is 5.98. The van der Waals surface area contributed by atoms with Gasteiger partial charge in [0.1, 0.15) is 5.54 Å². The summed E-state index contributed by atoms with van der Waals surface area (Å²) in [5, 5.41) is 3.05. The van der Waals surface area contributed by atoms with Crippen molar-refractivity contribution < 1.29 is 9.59 Å². The molecule has 4 fully saturated rings. The average molecular weight is 291 g/mol. The summed E-state index contributed by atoms with van der Waals surface area (Å²) in [7, 11) is 0. The second-order valence-corrected chi connectivity index (χ2v) is 7.23. The predicted octanol–water partition coefficient (Wildman–Crippen LogP) is 0.884. The molecule has 0 aromatic rings. The molecule has 0 aromatic carbocycles. The van der Waals surface area contributed by atoms with Gasteiger partial charge in [0.15, 0.2) is 0 Å². The standard InChI is InChI=1S/C16H25N3O2/c20-14-11-19(13-6-10-18-9-4-5-12(13)18)15(21)16(17-14)7-2-1-3-8-16/h12-13H,1-11H2,(H,17,20). The van der Waals surface area contributed by atoms with E-state index in [1.807, 2.05) is 4.90 Å². The van der Waals surface area contributed by atoms with Crippen LogP contribution in [0, 0.1) is 0 Å². The predicted molar refractivity (Wildman–Crippen MR) is 78.7 cm³/mol. The van der Waals surface area contributed by atoms with Crippen LogP contribution in [-0.4, -0.2) is 58.9 Å². The molecule has 3 aliphatic heterocycles. The zero-order valence-electron chi connectivity index (χ0n) is 12.6. The molecule has 0 radical (unpaired) electrons. The minimum Gasteiger partial charge on any atom is -0.340 e. The molecule has 3 saturated heterocycles. The minimum atomic E-state index is -0.570. The first-order chi connectivity index (χ1) is 10.2. The van der Waals surface area contributed by atoms with Crippen molar-refractivity contribution in [1.29, 1.82) is 0 Å². The maximum Gasteiger partial charge on any atom is 0.249 e. The molecule has 4 rings (SSSR count). The number of fused-ring (bicyclic) bond motifs is 1. The van der Waals surface area contributed by atoms with Crippen molar-refractivity contribution in [3.8, 4) is 0 Å². The van der Waals surface area contributed by atoms with E-state index < -0.39 is 5.54 Å². The van der Waals surface area contributed by atoms with Gasteiger partial charge in [-0.05, 0) is 38.6 Å². The van der Waals surface area contributed by atoms with Crippen LogP contribution in [-0.2, 0) is 9.59 Å². The minimum absolute atomic E-state index is 0.0490. The Balaban J connectivity index is 1.59. The molecule has 1 saturated carbocycles. The third-order valence-electron chi connectivity index (χ3n) is 6.04. The maximum absolute atomic E-state index is 13.1. The number of piperazine rings is 1. The Hall–Kier alpha value is -1.10. The van der Waals surface area contributed by atoms with Crippen LogP contribution in [0.25, 0.3) is 0 Å². The largest absolute Gasteiger partial charge is 0.340 e. The van der Waals surface area contributed by atoms with E-state index in [0.29, 0.717) is 6.04 Å². The van der Waals surface area contributed by atoms with Crippen LogP contribution in [0.4, 0.5) is 0 Å². The van der Waals surface area contributed by atoms with Gasteiger partial charge < -0.3 is 10.2 Å². The highest BCUT2D eigenvalue weighted by Gasteiger charge is 2.51. The van der Waals surface area contributed by atoms with Crippen molar-refractivity contribution >= 4 is 11.8 Å². The monoisotopic (exact) mass is 291 g/mol. The molecule has 3 heterocycles. The van der Waals surface area contributed by atoms with Gasteiger partial charge in [-0.2, -0.15) is 0 Å². The molecule has 2 unspecified atom stereocenters. The number of nitrogens with one attached hydrogen (secondary N) is 1. The van der Waals surface area contributed by atoms with Gasteiger partial charge in [-0.25, -0.2) is 0 Å². The van der Waals surface area contributed by atoms with Crippen molar-refractivity contribution in [2.45, 2.75) is 69.0 Å². The van der Waals surface area contributed by atoms with Crippen LogP contribution in [0.1, 0.15) is 51.4 Å². The van der Waals surface area contributed by atoms with E-state index >= 15 is 0 Å². The number of carbonyl (C=O) groups excluding carboxylic acids is 2. The molecular weight excluding hydrogens is 266 g/mol. The van der Waals surface area contributed by atoms with E-state index in [4.69, 9.17) is 0 Å². The van der Waals surface area contributed by atoms with Crippen LogP contribution in [0.3, 0.4) is 0 Å². The molecule has 1 aliphatic carbocycles. The Bertz CT molecular complexity index is 458. The lowest BCUT2D eigenvalue weighted by atomic mass is 9.78. The molecule has 0 bridgehead atoms. The molecule has 0 aromatic heterocycles. The van der Waals surface area contributed by atoms with Gasteiger partial charge in [0, 0.05) is 18.6 Å². The summed E-state index contributed by atoms with van der Waals surface area (Å²) in [5.74, 6) is 0.258. The Morgan fingerprint density at radius 1 is 0.952 bits per heavy atom. The highest BCUT2D eigenvalue weighted by atomic mass is 16.2. The van der Waals surface area contributed by atoms with E-state index in [1.165, 1.54) is 25.8 Å². The van der Waals surface area contributed by atoms with Crippen molar-refractivity contribution in [3.05, 3.63) is 0 Å². The summed E-state index contributed by atoms with van der Waals surface area (Å²) in [4.78, 5) is 29.8. The third kappa shape index (κ3) is 2.08. The fourth-order valence-corrected chi connectivity index (χ4v) is 5.04. The van der Waals surface area contributed by atoms with Crippen LogP contribution in [0.2, 0.25) is 0 Å². The van der Waals surface area contributed by atoms with Crippen LogP contribution >= 0.6 is 0 Å². The highest BCUT2D eigenvalue weighted by Crippen LogP contribution is 2.37. The normalized spacial score (nSPS) is 36.1. The number of carbonyl (C=O) groups is 2. The zero-order valence-corrected chi connectivity index (χ0v) is 12.6. The van der Waals surface area contributed by atoms with Crippen molar-refractivity contribution in [2.75, 3.05) is 19.6 Å². The Labute approximate surface area is 126 Å². The summed E-state index contributed by atoms with van der Waals surface area (Å²) in [5.41, 5.74) is -0.570. The Morgan fingerprint density at radius 3 is 2.57 bits per heavy atom. The van der Waals surface area contributed by atoms with E-state index in [2.05, 4.69) is 10.2 Å². The van der Waals surface area contributed by atoms with Crippen molar-refractivity contribution in [3.63, 3.8) is 0 Å². The van der Waals surface area contributed by atoms with Gasteiger partial charge in [-0.3, -0.25) is 14.5 Å². The molecule has 4 aliphatic rings. The Kier molecular flexibility index (Phi) is 3.21. The summed E-state index contributed by atoms with van der Waals surface area (Å²) < 4.78 is 0. The molecule has 21 heavy (non-hydrogen) atoms. The fraction of sp³-hybridized carbons (Fsp3) is 0.875. The molecule has 5 nitrogen and oxygen atoms in total. The number of nitrogens with zero attached hydrogens (tertiary/aromatic N) is 2. The zero-order chi connectivity index (χ0) is 14.4. The second-order valence-electron chi connectivity index (χ2n) is 7.23. The van der Waals surface area contributed by atoms with Gasteiger partial charge in [-0.1, -0.05) is 19.3 Å². The van der Waals surface area contributed by atoms with Crippen molar-refractivity contribution in [2.24, 2.45) is 0 Å². The number of hydrogen-bond acceptors (Lipinski definition) is 3. The van der Waals surface area contributed by atoms with E-state index in [9.17, 15) is 9.59 Å². The second kappa shape index (κ2) is 4.97. The molecule has 1 spiro atoms. The fourth-order valence-electron chi connectivity index (χ4n) is 5.04. The van der Waals surface area contributed by atoms with Gasteiger partial charge in [-0.15, -0.1) is 0 Å². The topological polar surface area (TPSA) is 52.7 Å². The first kappa shape index (κ1) is 13.6. The summed E-state index contributed by atoms with van der Waals surface area (Å²) in [6.45, 7) is 2.53. The van der Waals surface area contributed by atoms with Gasteiger partial charge >= 0.3 is 0 Å². The molecule has 116 valence electrons. The number of amides is 2. The summed E-state index contributed by atoms with van der Waals surface area (Å²) in [6, 6.07) is 0.769. The van der Waals surface area contributed by atoms with Gasteiger partial charge in [0.05, 0.1) is 6.54 Å². The average Bonchev–Trinajstić information content (AvgIpc) is 3.07. The first-order valence-corrected chi connectivity index (χ1v) is 8.56. The lowest BCUT2D eigenvalue weighted by Gasteiger charge is -2.47. The molecule has 2 amide bonds. The smallest absolute Gasteiger partial charge is 0.249 e. The first-order valence-electron chi connectivity index (χ1n) is 8.56. The lowest BCUT2D eigenvalue weighted by molar-refractivity contribution is -0.154. The molecule has 1 N–H and O–H groups in total. The van der Waals surface area contributed by atoms with Crippen LogP contribution in [0.15, 0.2) is 0 Å². The molecule has 2 atom stereocenters. The number of hydrogen-bond donors (Lipinski definition) is 1. The lowest BCUT2D eigenvalue weighted by Crippen LogP contribution is -2.69. The van der Waals surface area contributed by atoms with Gasteiger partial charge in [0.2, 0.25) is 11.8 Å². The van der Waals surface area contributed by atoms with Crippen LogP contribution < -0.4 is 5.32 Å². The van der Waals surface area contributed by atoms with Crippen LogP contribution in [0.5, 0.6) is 0 Å². The number of rotatable bonds is 1. The quantitative estimate of drug-likeness (QED) is 0.780. The molecule has 5 heteroatoms. The van der Waals surface area contributed by atoms with Crippen molar-refractivity contribution in [1.82, 2.24) is 15.1 Å². The van der Waals surface area contributed by atoms with E-state index in [1.54, 1.807) is 0 Å². The summed E-state index contributed by atoms with van der Waals surface area (Å²) in [6.07, 6.45) is 8.42. The van der Waals surface area contributed by atoms with E-state index in [0.717, 1.165) is 38.6 Å². The third-order valence-corrected chi connectivity index (χ3v) is 6.04. The summed E-state index contributed by atoms with van der Waals surface area (Å²) >= 11 is 0. The SMILES string of the molecule is O=C1CN(C2CCN3CCCC23)C(=O)C2(CCCCC2)N1. The van der Waals surface area contributed by atoms with Gasteiger partial charge in [0.25, 0.3) is 0 Å².